The SMILES string of the molecule is CCc1ccc2c(C[NH+](C)CC(=O)Nc3c(Cl)cccc3Cl)cc(=O)oc2c1. The lowest BCUT2D eigenvalue weighted by molar-refractivity contribution is -0.885. The smallest absolute Gasteiger partial charge is 0.336 e. The average Bonchev–Trinajstić information content (AvgIpc) is 2.64. The molecule has 1 amide bonds. The number of hydrogen-bond acceptors (Lipinski definition) is 3. The van der Waals surface area contributed by atoms with Crippen molar-refractivity contribution in [2.75, 3.05) is 18.9 Å². The third-order valence-electron chi connectivity index (χ3n) is 4.48. The maximum absolute atomic E-state index is 12.4. The van der Waals surface area contributed by atoms with Crippen molar-refractivity contribution in [2.45, 2.75) is 19.9 Å². The van der Waals surface area contributed by atoms with Gasteiger partial charge in [-0.05, 0) is 30.2 Å². The molecule has 0 fully saturated rings. The van der Waals surface area contributed by atoms with E-state index in [1.165, 1.54) is 6.07 Å². The predicted octanol–water partition coefficient (Wildman–Crippen LogP) is 3.32. The van der Waals surface area contributed by atoms with Crippen LogP contribution < -0.4 is 15.8 Å². The molecule has 7 heteroatoms. The molecule has 1 heterocycles. The van der Waals surface area contributed by atoms with Gasteiger partial charge in [-0.3, -0.25) is 4.79 Å². The molecule has 0 saturated carbocycles. The number of anilines is 1. The average molecular weight is 420 g/mol. The predicted molar refractivity (Wildman–Crippen MR) is 112 cm³/mol. The Morgan fingerprint density at radius 1 is 1.14 bits per heavy atom. The quantitative estimate of drug-likeness (QED) is 0.602. The number of amides is 1. The van der Waals surface area contributed by atoms with E-state index in [0.717, 1.165) is 27.8 Å². The van der Waals surface area contributed by atoms with Gasteiger partial charge in [0.25, 0.3) is 5.91 Å². The lowest BCUT2D eigenvalue weighted by Crippen LogP contribution is -3.08. The first-order chi connectivity index (χ1) is 13.4. The van der Waals surface area contributed by atoms with Crippen LogP contribution in [0.25, 0.3) is 11.0 Å². The van der Waals surface area contributed by atoms with Gasteiger partial charge >= 0.3 is 5.63 Å². The summed E-state index contributed by atoms with van der Waals surface area (Å²) in [7, 11) is 1.88. The summed E-state index contributed by atoms with van der Waals surface area (Å²) in [5, 5.41) is 4.41. The molecule has 2 aromatic carbocycles. The second kappa shape index (κ2) is 8.78. The number of nitrogens with one attached hydrogen (secondary N) is 2. The van der Waals surface area contributed by atoms with E-state index in [1.807, 2.05) is 32.2 Å². The zero-order valence-corrected chi connectivity index (χ0v) is 17.2. The molecule has 1 atom stereocenters. The number of quaternary nitrogens is 1. The molecule has 3 rings (SSSR count). The van der Waals surface area contributed by atoms with E-state index >= 15 is 0 Å². The third kappa shape index (κ3) is 4.73. The minimum absolute atomic E-state index is 0.191. The molecule has 5 nitrogen and oxygen atoms in total. The Hall–Kier alpha value is -2.34. The van der Waals surface area contributed by atoms with Gasteiger partial charge in [-0.15, -0.1) is 0 Å². The summed E-state index contributed by atoms with van der Waals surface area (Å²) in [6, 6.07) is 12.4. The van der Waals surface area contributed by atoms with Gasteiger partial charge in [0.1, 0.15) is 12.1 Å². The van der Waals surface area contributed by atoms with Crippen molar-refractivity contribution in [3.8, 4) is 0 Å². The van der Waals surface area contributed by atoms with Crippen molar-refractivity contribution in [1.82, 2.24) is 0 Å². The second-order valence-electron chi connectivity index (χ2n) is 6.73. The number of fused-ring (bicyclic) bond motifs is 1. The zero-order valence-electron chi connectivity index (χ0n) is 15.6. The Morgan fingerprint density at radius 3 is 2.54 bits per heavy atom. The number of rotatable bonds is 6. The van der Waals surface area contributed by atoms with Crippen LogP contribution in [0.3, 0.4) is 0 Å². The van der Waals surface area contributed by atoms with Crippen LogP contribution in [0.2, 0.25) is 10.0 Å². The number of hydrogen-bond donors (Lipinski definition) is 2. The van der Waals surface area contributed by atoms with Crippen molar-refractivity contribution >= 4 is 45.8 Å². The highest BCUT2D eigenvalue weighted by molar-refractivity contribution is 6.39. The van der Waals surface area contributed by atoms with Crippen molar-refractivity contribution in [3.63, 3.8) is 0 Å². The van der Waals surface area contributed by atoms with Gasteiger partial charge in [0.2, 0.25) is 0 Å². The number of carbonyl (C=O) groups excluding carboxylic acids is 1. The lowest BCUT2D eigenvalue weighted by atomic mass is 10.1. The fourth-order valence-corrected chi connectivity index (χ4v) is 3.59. The molecule has 0 aliphatic heterocycles. The molecule has 0 radical (unpaired) electrons. The summed E-state index contributed by atoms with van der Waals surface area (Å²) in [4.78, 5) is 25.3. The molecule has 0 aliphatic rings. The van der Waals surface area contributed by atoms with Gasteiger partial charge in [0.05, 0.1) is 22.8 Å². The van der Waals surface area contributed by atoms with Crippen LogP contribution in [0.4, 0.5) is 5.69 Å². The highest BCUT2D eigenvalue weighted by atomic mass is 35.5. The van der Waals surface area contributed by atoms with Crippen molar-refractivity contribution in [1.29, 1.82) is 0 Å². The molecule has 146 valence electrons. The normalized spacial score (nSPS) is 12.1. The summed E-state index contributed by atoms with van der Waals surface area (Å²) in [5.41, 5.74) is 2.53. The maximum atomic E-state index is 12.4. The van der Waals surface area contributed by atoms with Crippen molar-refractivity contribution in [3.05, 3.63) is 74.1 Å². The lowest BCUT2D eigenvalue weighted by Gasteiger charge is -2.16. The second-order valence-corrected chi connectivity index (χ2v) is 7.54. The number of para-hydroxylation sites is 1. The first-order valence-electron chi connectivity index (χ1n) is 8.98. The van der Waals surface area contributed by atoms with Crippen LogP contribution in [-0.4, -0.2) is 19.5 Å². The van der Waals surface area contributed by atoms with E-state index in [2.05, 4.69) is 5.32 Å². The van der Waals surface area contributed by atoms with Crippen LogP contribution in [0.5, 0.6) is 0 Å². The standard InChI is InChI=1S/C21H20Cl2N2O3/c1-3-13-7-8-15-14(10-20(27)28-18(15)9-13)11-25(2)12-19(26)24-21-16(22)5-4-6-17(21)23/h4-10H,3,11-12H2,1-2H3,(H,24,26)/p+1. The number of aryl methyl sites for hydroxylation is 1. The molecule has 1 unspecified atom stereocenters. The maximum Gasteiger partial charge on any atom is 0.336 e. The summed E-state index contributed by atoms with van der Waals surface area (Å²) < 4.78 is 5.34. The van der Waals surface area contributed by atoms with E-state index < -0.39 is 5.63 Å². The number of halogens is 2. The van der Waals surface area contributed by atoms with Crippen LogP contribution in [-0.2, 0) is 17.8 Å². The summed E-state index contributed by atoms with van der Waals surface area (Å²) >= 11 is 12.2. The van der Waals surface area contributed by atoms with Gasteiger partial charge in [-0.1, -0.05) is 48.3 Å². The Kier molecular flexibility index (Phi) is 6.39. The Bertz CT molecular complexity index is 1060. The zero-order chi connectivity index (χ0) is 20.3. The van der Waals surface area contributed by atoms with Crippen molar-refractivity contribution in [2.24, 2.45) is 0 Å². The van der Waals surface area contributed by atoms with E-state index in [4.69, 9.17) is 27.6 Å². The largest absolute Gasteiger partial charge is 0.423 e. The highest BCUT2D eigenvalue weighted by Gasteiger charge is 2.16. The van der Waals surface area contributed by atoms with E-state index in [9.17, 15) is 9.59 Å². The van der Waals surface area contributed by atoms with Gasteiger partial charge in [0, 0.05) is 17.0 Å². The molecule has 0 saturated heterocycles. The van der Waals surface area contributed by atoms with Crippen LogP contribution >= 0.6 is 23.2 Å². The van der Waals surface area contributed by atoms with Gasteiger partial charge in [-0.2, -0.15) is 0 Å². The summed E-state index contributed by atoms with van der Waals surface area (Å²) in [6.45, 7) is 2.73. The summed E-state index contributed by atoms with van der Waals surface area (Å²) in [6.07, 6.45) is 0.861. The molecule has 0 aliphatic carbocycles. The van der Waals surface area contributed by atoms with Crippen LogP contribution in [0, 0.1) is 0 Å². The number of benzene rings is 2. The Labute approximate surface area is 172 Å². The molecule has 2 N–H and O–H groups in total. The highest BCUT2D eigenvalue weighted by Crippen LogP contribution is 2.29. The summed E-state index contributed by atoms with van der Waals surface area (Å²) in [5.74, 6) is -0.215. The molecule has 3 aromatic rings. The van der Waals surface area contributed by atoms with Gasteiger partial charge in [-0.25, -0.2) is 4.79 Å². The van der Waals surface area contributed by atoms with Crippen LogP contribution in [0.1, 0.15) is 18.1 Å². The third-order valence-corrected chi connectivity index (χ3v) is 5.11. The molecule has 28 heavy (non-hydrogen) atoms. The number of carbonyl (C=O) groups is 1. The topological polar surface area (TPSA) is 63.8 Å². The first-order valence-corrected chi connectivity index (χ1v) is 9.73. The fraction of sp³-hybridized carbons (Fsp3) is 0.238. The monoisotopic (exact) mass is 419 g/mol. The van der Waals surface area contributed by atoms with Crippen LogP contribution in [0.15, 0.2) is 51.7 Å². The Morgan fingerprint density at radius 2 is 1.86 bits per heavy atom. The van der Waals surface area contributed by atoms with E-state index in [1.54, 1.807) is 18.2 Å². The van der Waals surface area contributed by atoms with Crippen molar-refractivity contribution < 1.29 is 14.1 Å². The molecular weight excluding hydrogens is 399 g/mol. The molecular formula is C21H21Cl2N2O3+. The van der Waals surface area contributed by atoms with Gasteiger partial charge in [0.15, 0.2) is 6.54 Å². The molecule has 0 spiro atoms. The molecule has 1 aromatic heterocycles. The van der Waals surface area contributed by atoms with Gasteiger partial charge < -0.3 is 14.6 Å². The first kappa shape index (κ1) is 20.4. The van der Waals surface area contributed by atoms with E-state index in [0.29, 0.717) is 27.9 Å². The number of likely N-dealkylation sites (N-methyl/N-ethyl adjacent to an activating group) is 1. The molecule has 0 bridgehead atoms. The minimum atomic E-state index is -0.393. The van der Waals surface area contributed by atoms with E-state index in [-0.39, 0.29) is 12.5 Å². The Balaban J connectivity index is 1.75. The minimum Gasteiger partial charge on any atom is -0.423 e. The fourth-order valence-electron chi connectivity index (χ4n) is 3.10.